The van der Waals surface area contributed by atoms with Crippen LogP contribution >= 0.6 is 27.5 Å². The van der Waals surface area contributed by atoms with Crippen LogP contribution in [0.2, 0.25) is 5.02 Å². The molecule has 0 aliphatic rings. The van der Waals surface area contributed by atoms with E-state index in [4.69, 9.17) is 16.7 Å². The summed E-state index contributed by atoms with van der Waals surface area (Å²) in [4.78, 5) is 0. The summed E-state index contributed by atoms with van der Waals surface area (Å²) in [7, 11) is 0. The summed E-state index contributed by atoms with van der Waals surface area (Å²) >= 11 is 9.36. The van der Waals surface area contributed by atoms with Gasteiger partial charge in [-0.2, -0.15) is 0 Å². The summed E-state index contributed by atoms with van der Waals surface area (Å²) in [5.41, 5.74) is 1.17. The first-order valence-corrected chi connectivity index (χ1v) is 6.97. The van der Waals surface area contributed by atoms with Gasteiger partial charge in [-0.3, -0.25) is 0 Å². The zero-order valence-electron chi connectivity index (χ0n) is 10.3. The zero-order valence-corrected chi connectivity index (χ0v) is 12.6. The number of aliphatic hydroxyl groups is 1. The molecule has 0 spiro atoms. The molecule has 0 heterocycles. The second-order valence-electron chi connectivity index (χ2n) is 4.49. The molecule has 1 aromatic rings. The van der Waals surface area contributed by atoms with Crippen molar-refractivity contribution in [3.63, 3.8) is 0 Å². The first kappa shape index (κ1) is 15.0. The predicted octanol–water partition coefficient (Wildman–Crippen LogP) is 3.74. The van der Waals surface area contributed by atoms with E-state index >= 15 is 0 Å². The minimum atomic E-state index is -0.0130. The number of aliphatic hydroxyl groups excluding tert-OH is 1. The Morgan fingerprint density at radius 2 is 2.18 bits per heavy atom. The van der Waals surface area contributed by atoms with Crippen LogP contribution < -0.4 is 5.32 Å². The fraction of sp³-hybridized carbons (Fsp3) is 0.538. The van der Waals surface area contributed by atoms with E-state index in [1.807, 2.05) is 18.2 Å². The van der Waals surface area contributed by atoms with E-state index in [1.54, 1.807) is 0 Å². The monoisotopic (exact) mass is 319 g/mol. The number of rotatable bonds is 6. The summed E-state index contributed by atoms with van der Waals surface area (Å²) in [5.74, 6) is 0. The van der Waals surface area contributed by atoms with Crippen molar-refractivity contribution in [3.8, 4) is 0 Å². The summed E-state index contributed by atoms with van der Waals surface area (Å²) in [6.07, 6.45) is 1.75. The molecule has 0 aliphatic carbocycles. The second kappa shape index (κ2) is 6.74. The molecule has 0 aliphatic heterocycles. The molecule has 2 N–H and O–H groups in total. The first-order chi connectivity index (χ1) is 8.00. The maximum atomic E-state index is 9.05. The Labute approximate surface area is 117 Å². The smallest absolute Gasteiger partial charge is 0.0548 e. The van der Waals surface area contributed by atoms with Gasteiger partial charge in [0.05, 0.1) is 5.02 Å². The van der Waals surface area contributed by atoms with Gasteiger partial charge in [-0.1, -0.05) is 24.6 Å². The second-order valence-corrected chi connectivity index (χ2v) is 5.75. The van der Waals surface area contributed by atoms with Crippen LogP contribution in [-0.2, 0) is 6.54 Å². The van der Waals surface area contributed by atoms with Gasteiger partial charge in [-0.15, -0.1) is 0 Å². The van der Waals surface area contributed by atoms with Crippen molar-refractivity contribution in [2.45, 2.75) is 38.8 Å². The van der Waals surface area contributed by atoms with Crippen LogP contribution in [-0.4, -0.2) is 17.3 Å². The fourth-order valence-corrected chi connectivity index (χ4v) is 2.15. The lowest BCUT2D eigenvalue weighted by atomic mass is 9.94. The van der Waals surface area contributed by atoms with E-state index in [9.17, 15) is 0 Å². The highest BCUT2D eigenvalue weighted by molar-refractivity contribution is 9.10. The quantitative estimate of drug-likeness (QED) is 0.837. The summed E-state index contributed by atoms with van der Waals surface area (Å²) in [5, 5.41) is 13.3. The van der Waals surface area contributed by atoms with E-state index in [-0.39, 0.29) is 12.1 Å². The molecule has 0 aromatic heterocycles. The SMILES string of the molecule is CCC(C)(CCO)NCc1ccc(Cl)c(Br)c1. The highest BCUT2D eigenvalue weighted by Crippen LogP contribution is 2.23. The average molecular weight is 321 g/mol. The molecule has 0 radical (unpaired) electrons. The lowest BCUT2D eigenvalue weighted by molar-refractivity contribution is 0.214. The molecule has 1 aromatic carbocycles. The van der Waals surface area contributed by atoms with Gasteiger partial charge in [-0.05, 0) is 53.4 Å². The number of hydrogen-bond donors (Lipinski definition) is 2. The van der Waals surface area contributed by atoms with Crippen LogP contribution in [0.4, 0.5) is 0 Å². The molecule has 0 bridgehead atoms. The van der Waals surface area contributed by atoms with Crippen LogP contribution in [0, 0.1) is 0 Å². The zero-order chi connectivity index (χ0) is 12.9. The van der Waals surface area contributed by atoms with Gasteiger partial charge < -0.3 is 10.4 Å². The van der Waals surface area contributed by atoms with Crippen molar-refractivity contribution in [2.24, 2.45) is 0 Å². The summed E-state index contributed by atoms with van der Waals surface area (Å²) < 4.78 is 0.916. The summed E-state index contributed by atoms with van der Waals surface area (Å²) in [6.45, 7) is 5.25. The molecule has 17 heavy (non-hydrogen) atoms. The molecule has 0 saturated carbocycles. The van der Waals surface area contributed by atoms with E-state index in [1.165, 1.54) is 5.56 Å². The Kier molecular flexibility index (Phi) is 5.93. The van der Waals surface area contributed by atoms with E-state index in [0.29, 0.717) is 0 Å². The molecule has 4 heteroatoms. The van der Waals surface area contributed by atoms with Crippen LogP contribution in [0.5, 0.6) is 0 Å². The average Bonchev–Trinajstić information content (AvgIpc) is 2.31. The molecule has 0 saturated heterocycles. The fourth-order valence-electron chi connectivity index (χ4n) is 1.60. The maximum absolute atomic E-state index is 9.05. The van der Waals surface area contributed by atoms with Gasteiger partial charge in [0.15, 0.2) is 0 Å². The topological polar surface area (TPSA) is 32.3 Å². The van der Waals surface area contributed by atoms with Gasteiger partial charge in [-0.25, -0.2) is 0 Å². The Balaban J connectivity index is 2.62. The predicted molar refractivity (Wildman–Crippen MR) is 76.4 cm³/mol. The van der Waals surface area contributed by atoms with Crippen molar-refractivity contribution in [3.05, 3.63) is 33.3 Å². The third-order valence-corrected chi connectivity index (χ3v) is 4.36. The molecule has 2 nitrogen and oxygen atoms in total. The van der Waals surface area contributed by atoms with Crippen molar-refractivity contribution < 1.29 is 5.11 Å². The van der Waals surface area contributed by atoms with Gasteiger partial charge >= 0.3 is 0 Å². The third kappa shape index (κ3) is 4.59. The Morgan fingerprint density at radius 3 is 2.71 bits per heavy atom. The van der Waals surface area contributed by atoms with Crippen molar-refractivity contribution in [1.29, 1.82) is 0 Å². The molecule has 0 amide bonds. The van der Waals surface area contributed by atoms with Gasteiger partial charge in [0, 0.05) is 23.2 Å². The number of hydrogen-bond acceptors (Lipinski definition) is 2. The molecular weight excluding hydrogens is 302 g/mol. The van der Waals surface area contributed by atoms with Gasteiger partial charge in [0.2, 0.25) is 0 Å². The number of nitrogens with one attached hydrogen (secondary N) is 1. The first-order valence-electron chi connectivity index (χ1n) is 5.80. The van der Waals surface area contributed by atoms with Crippen molar-refractivity contribution >= 4 is 27.5 Å². The largest absolute Gasteiger partial charge is 0.396 e. The molecule has 1 rings (SSSR count). The van der Waals surface area contributed by atoms with Crippen LogP contribution in [0.3, 0.4) is 0 Å². The van der Waals surface area contributed by atoms with Crippen LogP contribution in [0.15, 0.2) is 22.7 Å². The number of halogens is 2. The van der Waals surface area contributed by atoms with Gasteiger partial charge in [0.25, 0.3) is 0 Å². The third-order valence-electron chi connectivity index (χ3n) is 3.15. The Bertz CT molecular complexity index is 372. The molecule has 0 fully saturated rings. The Hall–Kier alpha value is -0.0900. The molecule has 1 unspecified atom stereocenters. The minimum absolute atomic E-state index is 0.0130. The van der Waals surface area contributed by atoms with Crippen LogP contribution in [0.1, 0.15) is 32.3 Å². The van der Waals surface area contributed by atoms with Crippen LogP contribution in [0.25, 0.3) is 0 Å². The Morgan fingerprint density at radius 1 is 1.47 bits per heavy atom. The minimum Gasteiger partial charge on any atom is -0.396 e. The van der Waals surface area contributed by atoms with E-state index < -0.39 is 0 Å². The lowest BCUT2D eigenvalue weighted by Gasteiger charge is -2.29. The molecular formula is C13H19BrClNO. The maximum Gasteiger partial charge on any atom is 0.0548 e. The van der Waals surface area contributed by atoms with Gasteiger partial charge in [0.1, 0.15) is 0 Å². The van der Waals surface area contributed by atoms with Crippen molar-refractivity contribution in [2.75, 3.05) is 6.61 Å². The van der Waals surface area contributed by atoms with Crippen molar-refractivity contribution in [1.82, 2.24) is 5.32 Å². The number of benzene rings is 1. The highest BCUT2D eigenvalue weighted by atomic mass is 79.9. The normalized spacial score (nSPS) is 14.6. The highest BCUT2D eigenvalue weighted by Gasteiger charge is 2.20. The standard InChI is InChI=1S/C13H19BrClNO/c1-3-13(2,6-7-17)16-9-10-4-5-12(15)11(14)8-10/h4-5,8,16-17H,3,6-7,9H2,1-2H3. The van der Waals surface area contributed by atoms with E-state index in [2.05, 4.69) is 35.1 Å². The molecule has 1 atom stereocenters. The van der Waals surface area contributed by atoms with E-state index in [0.717, 1.165) is 28.9 Å². The lowest BCUT2D eigenvalue weighted by Crippen LogP contribution is -2.42. The molecule has 96 valence electrons. The summed E-state index contributed by atoms with van der Waals surface area (Å²) in [6, 6.07) is 5.91.